The summed E-state index contributed by atoms with van der Waals surface area (Å²) in [5.74, 6) is -0.256. The number of sulfonamides is 1. The van der Waals surface area contributed by atoms with Crippen LogP contribution in [0.1, 0.15) is 39.0 Å². The molecule has 0 saturated heterocycles. The van der Waals surface area contributed by atoms with Gasteiger partial charge in [0.1, 0.15) is 0 Å². The Labute approximate surface area is 167 Å². The zero-order valence-electron chi connectivity index (χ0n) is 15.2. The number of aromatic nitrogens is 1. The number of hydrogen-bond donors (Lipinski definition) is 1. The Morgan fingerprint density at radius 1 is 1.14 bits per heavy atom. The van der Waals surface area contributed by atoms with Crippen molar-refractivity contribution in [1.29, 1.82) is 0 Å². The molecule has 3 rings (SSSR count). The molecular weight excluding hydrogens is 403 g/mol. The smallest absolute Gasteiger partial charge is 0.238 e. The van der Waals surface area contributed by atoms with Gasteiger partial charge in [0.05, 0.1) is 16.3 Å². The lowest BCUT2D eigenvalue weighted by atomic mass is 10.1. The number of carbonyl (C=O) groups excluding carboxylic acids is 1. The molecule has 0 radical (unpaired) electrons. The van der Waals surface area contributed by atoms with E-state index in [1.807, 2.05) is 0 Å². The van der Waals surface area contributed by atoms with Gasteiger partial charge in [-0.25, -0.2) is 17.9 Å². The summed E-state index contributed by atoms with van der Waals surface area (Å²) in [5.41, 5.74) is 1.77. The number of primary sulfonamides is 1. The van der Waals surface area contributed by atoms with E-state index in [9.17, 15) is 13.2 Å². The lowest BCUT2D eigenvalue weighted by molar-refractivity contribution is 0.103. The molecule has 0 fully saturated rings. The molecule has 1 heterocycles. The third kappa shape index (κ3) is 3.87. The van der Waals surface area contributed by atoms with Crippen LogP contribution in [0.15, 0.2) is 59.5 Å². The maximum atomic E-state index is 15.2. The molecule has 5 nitrogen and oxygen atoms in total. The van der Waals surface area contributed by atoms with Crippen molar-refractivity contribution in [2.75, 3.05) is 0 Å². The van der Waals surface area contributed by atoms with Gasteiger partial charge < -0.3 is 4.57 Å². The van der Waals surface area contributed by atoms with Gasteiger partial charge >= 0.3 is 0 Å². The van der Waals surface area contributed by atoms with Gasteiger partial charge in [-0.15, -0.1) is 0 Å². The molecule has 2 N–H and O–H groups in total. The predicted octanol–water partition coefficient (Wildman–Crippen LogP) is 3.92. The molecule has 0 spiro atoms. The number of carbonyl (C=O) groups is 1. The molecule has 146 valence electrons. The highest BCUT2D eigenvalue weighted by Gasteiger charge is 2.24. The van der Waals surface area contributed by atoms with E-state index in [1.54, 1.807) is 44.3 Å². The second-order valence-corrected chi connectivity index (χ2v) is 8.47. The summed E-state index contributed by atoms with van der Waals surface area (Å²) in [5, 5.41) is 5.64. The maximum absolute atomic E-state index is 15.2. The Morgan fingerprint density at radius 3 is 2.39 bits per heavy atom. The summed E-state index contributed by atoms with van der Waals surface area (Å²) in [4.78, 5) is 12.7. The third-order valence-electron chi connectivity index (χ3n) is 4.52. The van der Waals surface area contributed by atoms with Gasteiger partial charge in [-0.3, -0.25) is 4.79 Å². The number of aryl methyl sites for hydroxylation is 1. The molecule has 0 saturated carbocycles. The first-order valence-electron chi connectivity index (χ1n) is 8.33. The molecule has 0 aliphatic carbocycles. The molecule has 0 bridgehead atoms. The van der Waals surface area contributed by atoms with Gasteiger partial charge in [0, 0.05) is 17.6 Å². The minimum atomic E-state index is -3.95. The standard InChI is InChI=1S/C20H18ClFN2O3S/c1-12-10-17(18(22)14-4-3-5-16(11-14)28(23,26)27)24(2)19(12)20(25)13-6-8-15(21)9-7-13/h3-11,18H,1-2H3,(H2,23,26,27). The Hall–Kier alpha value is -2.48. The van der Waals surface area contributed by atoms with Gasteiger partial charge in [-0.1, -0.05) is 23.7 Å². The van der Waals surface area contributed by atoms with Crippen molar-refractivity contribution in [3.05, 3.63) is 87.7 Å². The van der Waals surface area contributed by atoms with Crippen LogP contribution in [0.5, 0.6) is 0 Å². The van der Waals surface area contributed by atoms with Crippen molar-refractivity contribution >= 4 is 27.4 Å². The van der Waals surface area contributed by atoms with E-state index in [4.69, 9.17) is 16.7 Å². The second kappa shape index (κ2) is 7.50. The number of ketones is 1. The second-order valence-electron chi connectivity index (χ2n) is 6.48. The van der Waals surface area contributed by atoms with Crippen molar-refractivity contribution in [1.82, 2.24) is 4.57 Å². The highest BCUT2D eigenvalue weighted by molar-refractivity contribution is 7.89. The monoisotopic (exact) mass is 420 g/mol. The molecule has 0 aliphatic heterocycles. The number of benzene rings is 2. The van der Waals surface area contributed by atoms with Crippen LogP contribution in [0.4, 0.5) is 4.39 Å². The van der Waals surface area contributed by atoms with Crippen LogP contribution in [-0.4, -0.2) is 18.8 Å². The van der Waals surface area contributed by atoms with Crippen LogP contribution >= 0.6 is 11.6 Å². The summed E-state index contributed by atoms with van der Waals surface area (Å²) in [6, 6.07) is 13.4. The highest BCUT2D eigenvalue weighted by Crippen LogP contribution is 2.31. The van der Waals surface area contributed by atoms with E-state index in [1.165, 1.54) is 28.8 Å². The molecule has 2 aromatic carbocycles. The Balaban J connectivity index is 2.02. The Morgan fingerprint density at radius 2 is 1.79 bits per heavy atom. The molecule has 1 aromatic heterocycles. The van der Waals surface area contributed by atoms with Crippen LogP contribution in [-0.2, 0) is 17.1 Å². The van der Waals surface area contributed by atoms with Gasteiger partial charge in [-0.05, 0) is 60.5 Å². The fraction of sp³-hybridized carbons (Fsp3) is 0.150. The van der Waals surface area contributed by atoms with Crippen molar-refractivity contribution in [2.24, 2.45) is 12.2 Å². The molecule has 28 heavy (non-hydrogen) atoms. The van der Waals surface area contributed by atoms with Gasteiger partial charge in [0.2, 0.25) is 15.8 Å². The number of nitrogens with zero attached hydrogens (tertiary/aromatic N) is 1. The minimum absolute atomic E-state index is 0.137. The number of alkyl halides is 1. The van der Waals surface area contributed by atoms with E-state index in [-0.39, 0.29) is 21.9 Å². The van der Waals surface area contributed by atoms with Crippen molar-refractivity contribution in [2.45, 2.75) is 18.0 Å². The van der Waals surface area contributed by atoms with Gasteiger partial charge in [0.25, 0.3) is 0 Å². The zero-order chi connectivity index (χ0) is 20.6. The van der Waals surface area contributed by atoms with E-state index in [2.05, 4.69) is 0 Å². The van der Waals surface area contributed by atoms with E-state index in [0.29, 0.717) is 21.8 Å². The number of hydrogen-bond acceptors (Lipinski definition) is 3. The maximum Gasteiger partial charge on any atom is 0.238 e. The number of nitrogens with two attached hydrogens (primary N) is 1. The first-order valence-corrected chi connectivity index (χ1v) is 10.3. The lowest BCUT2D eigenvalue weighted by Gasteiger charge is -2.13. The molecule has 3 aromatic rings. The largest absolute Gasteiger partial charge is 0.342 e. The summed E-state index contributed by atoms with van der Waals surface area (Å²) >= 11 is 5.87. The van der Waals surface area contributed by atoms with Crippen molar-refractivity contribution in [3.63, 3.8) is 0 Å². The SMILES string of the molecule is Cc1cc(C(F)c2cccc(S(N)(=O)=O)c2)n(C)c1C(=O)c1ccc(Cl)cc1. The fourth-order valence-corrected chi connectivity index (χ4v) is 3.81. The van der Waals surface area contributed by atoms with Crippen LogP contribution < -0.4 is 5.14 Å². The van der Waals surface area contributed by atoms with Crippen LogP contribution in [0.3, 0.4) is 0 Å². The third-order valence-corrected chi connectivity index (χ3v) is 5.68. The number of rotatable bonds is 5. The molecule has 8 heteroatoms. The lowest BCUT2D eigenvalue weighted by Crippen LogP contribution is -2.13. The van der Waals surface area contributed by atoms with Crippen LogP contribution in [0.2, 0.25) is 5.02 Å². The van der Waals surface area contributed by atoms with E-state index < -0.39 is 16.2 Å². The molecular formula is C20H18ClFN2O3S. The minimum Gasteiger partial charge on any atom is -0.342 e. The summed E-state index contributed by atoms with van der Waals surface area (Å²) < 4.78 is 39.8. The van der Waals surface area contributed by atoms with Crippen LogP contribution in [0.25, 0.3) is 0 Å². The average Bonchev–Trinajstić information content (AvgIpc) is 2.95. The molecule has 0 amide bonds. The summed E-state index contributed by atoms with van der Waals surface area (Å²) in [7, 11) is -2.35. The van der Waals surface area contributed by atoms with Crippen molar-refractivity contribution < 1.29 is 17.6 Å². The summed E-state index contributed by atoms with van der Waals surface area (Å²) in [6.45, 7) is 1.72. The Bertz CT molecular complexity index is 1150. The summed E-state index contributed by atoms with van der Waals surface area (Å²) in [6.07, 6.45) is -1.63. The first-order chi connectivity index (χ1) is 13.1. The van der Waals surface area contributed by atoms with E-state index in [0.717, 1.165) is 0 Å². The highest BCUT2D eigenvalue weighted by atomic mass is 35.5. The zero-order valence-corrected chi connectivity index (χ0v) is 16.8. The molecule has 1 atom stereocenters. The molecule has 0 aliphatic rings. The van der Waals surface area contributed by atoms with Gasteiger partial charge in [-0.2, -0.15) is 0 Å². The van der Waals surface area contributed by atoms with Gasteiger partial charge in [0.15, 0.2) is 6.17 Å². The van der Waals surface area contributed by atoms with E-state index >= 15 is 4.39 Å². The van der Waals surface area contributed by atoms with Crippen LogP contribution in [0, 0.1) is 6.92 Å². The number of halogens is 2. The topological polar surface area (TPSA) is 82.2 Å². The molecule has 1 unspecified atom stereocenters. The quantitative estimate of drug-likeness (QED) is 0.635. The Kier molecular flexibility index (Phi) is 5.43. The first kappa shape index (κ1) is 20.3. The average molecular weight is 421 g/mol. The predicted molar refractivity (Wildman–Crippen MR) is 106 cm³/mol. The fourth-order valence-electron chi connectivity index (χ4n) is 3.11. The van der Waals surface area contributed by atoms with Crippen molar-refractivity contribution in [3.8, 4) is 0 Å². The normalized spacial score (nSPS) is 12.8.